The zero-order chi connectivity index (χ0) is 15.5. The predicted molar refractivity (Wildman–Crippen MR) is 83.6 cm³/mol. The van der Waals surface area contributed by atoms with Crippen LogP contribution in [0.3, 0.4) is 0 Å². The molecule has 0 saturated heterocycles. The molecule has 0 saturated carbocycles. The molecule has 2 aromatic carbocycles. The number of urea groups is 1. The number of nitrogens with one attached hydrogen (secondary N) is 3. The van der Waals surface area contributed by atoms with Crippen molar-refractivity contribution in [1.82, 2.24) is 5.32 Å². The second-order valence-electron chi connectivity index (χ2n) is 4.75. The van der Waals surface area contributed by atoms with Gasteiger partial charge in [-0.25, -0.2) is 4.79 Å². The smallest absolute Gasteiger partial charge is 0.319 e. The van der Waals surface area contributed by atoms with Gasteiger partial charge in [0.1, 0.15) is 5.75 Å². The Morgan fingerprint density at radius 3 is 2.82 bits per heavy atom. The summed E-state index contributed by atoms with van der Waals surface area (Å²) < 4.78 is 5.77. The summed E-state index contributed by atoms with van der Waals surface area (Å²) in [6, 6.07) is 11.8. The Labute approximate surface area is 127 Å². The van der Waals surface area contributed by atoms with Crippen LogP contribution >= 0.6 is 0 Å². The van der Waals surface area contributed by atoms with Gasteiger partial charge in [0, 0.05) is 12.2 Å². The van der Waals surface area contributed by atoms with Gasteiger partial charge in [-0.1, -0.05) is 12.1 Å². The molecule has 2 aromatic rings. The van der Waals surface area contributed by atoms with Gasteiger partial charge >= 0.3 is 6.03 Å². The van der Waals surface area contributed by atoms with Crippen LogP contribution in [0.25, 0.3) is 0 Å². The van der Waals surface area contributed by atoms with Crippen molar-refractivity contribution in [3.63, 3.8) is 0 Å². The Morgan fingerprint density at radius 2 is 2.00 bits per heavy atom. The average Bonchev–Trinajstić information content (AvgIpc) is 2.64. The van der Waals surface area contributed by atoms with Crippen LogP contribution < -0.4 is 20.7 Å². The lowest BCUT2D eigenvalue weighted by molar-refractivity contribution is 0.102. The summed E-state index contributed by atoms with van der Waals surface area (Å²) in [5, 5.41) is 8.09. The van der Waals surface area contributed by atoms with E-state index < -0.39 is 0 Å². The van der Waals surface area contributed by atoms with E-state index >= 15 is 0 Å². The number of hydrogen-bond donors (Lipinski definition) is 3. The van der Waals surface area contributed by atoms with Crippen LogP contribution in [0.5, 0.6) is 11.5 Å². The molecule has 6 nitrogen and oxygen atoms in total. The Bertz CT molecular complexity index is 743. The topological polar surface area (TPSA) is 79.5 Å². The largest absolute Gasteiger partial charge is 0.454 e. The van der Waals surface area contributed by atoms with Gasteiger partial charge < -0.3 is 20.7 Å². The second-order valence-corrected chi connectivity index (χ2v) is 4.75. The molecule has 0 unspecified atom stereocenters. The molecule has 0 aromatic heterocycles. The molecule has 112 valence electrons. The number of rotatable bonds is 2. The summed E-state index contributed by atoms with van der Waals surface area (Å²) in [4.78, 5) is 23.9. The molecule has 0 bridgehead atoms. The fourth-order valence-corrected chi connectivity index (χ4v) is 2.18. The molecule has 6 heteroatoms. The van der Waals surface area contributed by atoms with Crippen molar-refractivity contribution in [2.24, 2.45) is 0 Å². The van der Waals surface area contributed by atoms with Crippen molar-refractivity contribution < 1.29 is 14.3 Å². The van der Waals surface area contributed by atoms with Gasteiger partial charge in [-0.15, -0.1) is 0 Å². The van der Waals surface area contributed by atoms with Crippen LogP contribution in [-0.2, 0) is 0 Å². The molecule has 0 fully saturated rings. The van der Waals surface area contributed by atoms with Crippen LogP contribution in [0.2, 0.25) is 0 Å². The van der Waals surface area contributed by atoms with Gasteiger partial charge in [-0.2, -0.15) is 0 Å². The van der Waals surface area contributed by atoms with E-state index in [2.05, 4.69) is 16.0 Å². The highest BCUT2D eigenvalue weighted by Gasteiger charge is 2.21. The maximum Gasteiger partial charge on any atom is 0.319 e. The second kappa shape index (κ2) is 5.77. The lowest BCUT2D eigenvalue weighted by Crippen LogP contribution is -2.28. The average molecular weight is 297 g/mol. The van der Waals surface area contributed by atoms with Crippen molar-refractivity contribution in [2.45, 2.75) is 6.92 Å². The van der Waals surface area contributed by atoms with E-state index in [9.17, 15) is 9.59 Å². The van der Waals surface area contributed by atoms with Crippen molar-refractivity contribution in [3.05, 3.63) is 48.0 Å². The molecule has 1 aliphatic heterocycles. The summed E-state index contributed by atoms with van der Waals surface area (Å²) in [5.74, 6) is 0.752. The number of anilines is 2. The fourth-order valence-electron chi connectivity index (χ4n) is 2.18. The third-order valence-electron chi connectivity index (χ3n) is 3.17. The highest BCUT2D eigenvalue weighted by atomic mass is 16.5. The van der Waals surface area contributed by atoms with Crippen molar-refractivity contribution in [1.29, 1.82) is 0 Å². The van der Waals surface area contributed by atoms with Gasteiger partial charge in [-0.3, -0.25) is 4.79 Å². The highest BCUT2D eigenvalue weighted by molar-refractivity contribution is 6.08. The van der Waals surface area contributed by atoms with E-state index in [1.807, 2.05) is 19.1 Å². The lowest BCUT2D eigenvalue weighted by Gasteiger charge is -2.10. The van der Waals surface area contributed by atoms with Crippen molar-refractivity contribution in [2.75, 3.05) is 17.2 Å². The summed E-state index contributed by atoms with van der Waals surface area (Å²) in [6.07, 6.45) is 0. The van der Waals surface area contributed by atoms with E-state index in [1.54, 1.807) is 30.3 Å². The normalized spacial score (nSPS) is 12.1. The third kappa shape index (κ3) is 2.71. The minimum atomic E-state index is -0.319. The van der Waals surface area contributed by atoms with Gasteiger partial charge in [-0.05, 0) is 37.3 Å². The molecule has 3 rings (SSSR count). The first-order valence-electron chi connectivity index (χ1n) is 6.94. The zero-order valence-electron chi connectivity index (χ0n) is 12.0. The van der Waals surface area contributed by atoms with Crippen LogP contribution in [0.1, 0.15) is 17.3 Å². The summed E-state index contributed by atoms with van der Waals surface area (Å²) >= 11 is 0. The van der Waals surface area contributed by atoms with Gasteiger partial charge in [0.2, 0.25) is 0 Å². The number of benzene rings is 2. The number of hydrogen-bond acceptors (Lipinski definition) is 3. The molecular weight excluding hydrogens is 282 g/mol. The van der Waals surface area contributed by atoms with Gasteiger partial charge in [0.05, 0.1) is 11.3 Å². The molecule has 1 aliphatic rings. The molecule has 3 N–H and O–H groups in total. The minimum Gasteiger partial charge on any atom is -0.454 e. The standard InChI is InChI=1S/C16H15N3O3/c1-2-17-16(21)18-10-7-8-13-11(9-10)15(20)19-12-5-3-4-6-14(12)22-13/h3-9H,2H2,1H3,(H,19,20)(H2,17,18,21). The third-order valence-corrected chi connectivity index (χ3v) is 3.17. The number of para-hydroxylation sites is 2. The SMILES string of the molecule is CCNC(=O)Nc1ccc2c(c1)C(=O)Nc1ccccc1O2. The van der Waals surface area contributed by atoms with E-state index in [4.69, 9.17) is 4.74 Å². The zero-order valence-corrected chi connectivity index (χ0v) is 12.0. The molecular formula is C16H15N3O3. The number of carbonyl (C=O) groups excluding carboxylic acids is 2. The first kappa shape index (κ1) is 13.9. The molecule has 22 heavy (non-hydrogen) atoms. The summed E-state index contributed by atoms with van der Waals surface area (Å²) in [6.45, 7) is 2.35. The summed E-state index contributed by atoms with van der Waals surface area (Å²) in [7, 11) is 0. The van der Waals surface area contributed by atoms with E-state index in [1.165, 1.54) is 0 Å². The molecule has 0 radical (unpaired) electrons. The maximum absolute atomic E-state index is 12.3. The fraction of sp³-hybridized carbons (Fsp3) is 0.125. The van der Waals surface area contributed by atoms with E-state index in [0.717, 1.165) is 0 Å². The van der Waals surface area contributed by atoms with Gasteiger partial charge in [0.15, 0.2) is 5.75 Å². The molecule has 0 atom stereocenters. The van der Waals surface area contributed by atoms with Crippen molar-refractivity contribution in [3.8, 4) is 11.5 Å². The number of ether oxygens (including phenoxy) is 1. The van der Waals surface area contributed by atoms with Crippen LogP contribution in [-0.4, -0.2) is 18.5 Å². The van der Waals surface area contributed by atoms with Crippen LogP contribution in [0.15, 0.2) is 42.5 Å². The number of amides is 3. The molecule has 0 spiro atoms. The van der Waals surface area contributed by atoms with Crippen LogP contribution in [0, 0.1) is 0 Å². The van der Waals surface area contributed by atoms with Crippen LogP contribution in [0.4, 0.5) is 16.2 Å². The number of carbonyl (C=O) groups is 2. The molecule has 0 aliphatic carbocycles. The van der Waals surface area contributed by atoms with Crippen molar-refractivity contribution >= 4 is 23.3 Å². The Balaban J connectivity index is 1.92. The predicted octanol–water partition coefficient (Wildman–Crippen LogP) is 3.19. The first-order chi connectivity index (χ1) is 10.7. The Hall–Kier alpha value is -3.02. The Kier molecular flexibility index (Phi) is 3.65. The quantitative estimate of drug-likeness (QED) is 0.796. The summed E-state index contributed by atoms with van der Waals surface area (Å²) in [5.41, 5.74) is 1.50. The van der Waals surface area contributed by atoms with E-state index in [-0.39, 0.29) is 11.9 Å². The first-order valence-corrected chi connectivity index (χ1v) is 6.94. The number of fused-ring (bicyclic) bond motifs is 2. The molecule has 1 heterocycles. The minimum absolute atomic E-state index is 0.278. The molecule has 3 amide bonds. The van der Waals surface area contributed by atoms with Gasteiger partial charge in [0.25, 0.3) is 5.91 Å². The maximum atomic E-state index is 12.3. The van der Waals surface area contributed by atoms with E-state index in [0.29, 0.717) is 35.0 Å². The Morgan fingerprint density at radius 1 is 1.18 bits per heavy atom. The highest BCUT2D eigenvalue weighted by Crippen LogP contribution is 2.36. The monoisotopic (exact) mass is 297 g/mol. The lowest BCUT2D eigenvalue weighted by atomic mass is 10.1.